The van der Waals surface area contributed by atoms with Crippen molar-refractivity contribution >= 4 is 5.91 Å². The van der Waals surface area contributed by atoms with Crippen LogP contribution in [-0.4, -0.2) is 33.7 Å². The van der Waals surface area contributed by atoms with Gasteiger partial charge in [-0.1, -0.05) is 0 Å². The predicted octanol–water partition coefficient (Wildman–Crippen LogP) is 0.704. The molecule has 106 valence electrons. The molecular weight excluding hydrogens is 256 g/mol. The fraction of sp³-hybridized carbons (Fsp3) is 0.571. The smallest absolute Gasteiger partial charge is 0.267 e. The molecule has 1 saturated heterocycles. The number of rotatable bonds is 2. The van der Waals surface area contributed by atoms with Crippen LogP contribution in [-0.2, 0) is 11.3 Å². The summed E-state index contributed by atoms with van der Waals surface area (Å²) in [5.41, 5.74) is -0.0827. The third-order valence-corrected chi connectivity index (χ3v) is 3.60. The molecule has 6 nitrogen and oxygen atoms in total. The van der Waals surface area contributed by atoms with Crippen LogP contribution in [0, 0.1) is 23.7 Å². The first kappa shape index (κ1) is 14.3. The van der Waals surface area contributed by atoms with Gasteiger partial charge in [-0.2, -0.15) is 10.4 Å². The Bertz CT molecular complexity index is 616. The number of likely N-dealkylation sites (tertiary alicyclic amines) is 1. The van der Waals surface area contributed by atoms with E-state index >= 15 is 0 Å². The maximum Gasteiger partial charge on any atom is 0.267 e. The largest absolute Gasteiger partial charge is 0.339 e. The van der Waals surface area contributed by atoms with Crippen LogP contribution < -0.4 is 5.56 Å². The second kappa shape index (κ2) is 5.45. The summed E-state index contributed by atoms with van der Waals surface area (Å²) in [5, 5.41) is 13.2. The van der Waals surface area contributed by atoms with E-state index in [2.05, 4.69) is 11.2 Å². The number of hydrogen-bond donors (Lipinski definition) is 0. The lowest BCUT2D eigenvalue weighted by atomic mass is 9.83. The van der Waals surface area contributed by atoms with Crippen molar-refractivity contribution in [3.8, 4) is 6.07 Å². The number of nitriles is 1. The van der Waals surface area contributed by atoms with Crippen LogP contribution in [0.3, 0.4) is 0 Å². The zero-order chi connectivity index (χ0) is 14.8. The molecule has 0 saturated carbocycles. The maximum absolute atomic E-state index is 12.3. The van der Waals surface area contributed by atoms with Crippen molar-refractivity contribution in [2.75, 3.05) is 13.1 Å². The average Bonchev–Trinajstić information content (AvgIpc) is 2.43. The van der Waals surface area contributed by atoms with Gasteiger partial charge in [-0.3, -0.25) is 9.59 Å². The Labute approximate surface area is 117 Å². The fourth-order valence-electron chi connectivity index (χ4n) is 2.44. The zero-order valence-electron chi connectivity index (χ0n) is 11.8. The van der Waals surface area contributed by atoms with Crippen molar-refractivity contribution in [3.05, 3.63) is 28.2 Å². The number of hydrogen-bond acceptors (Lipinski definition) is 4. The van der Waals surface area contributed by atoms with Crippen LogP contribution >= 0.6 is 0 Å². The number of aryl methyl sites for hydroxylation is 1. The van der Waals surface area contributed by atoms with E-state index in [1.807, 2.05) is 6.92 Å². The van der Waals surface area contributed by atoms with Crippen LogP contribution in [0.15, 0.2) is 16.9 Å². The molecule has 0 spiro atoms. The summed E-state index contributed by atoms with van der Waals surface area (Å²) in [6.45, 7) is 4.62. The molecule has 0 bridgehead atoms. The van der Waals surface area contributed by atoms with Crippen LogP contribution in [0.5, 0.6) is 0 Å². The second-order valence-corrected chi connectivity index (χ2v) is 5.56. The summed E-state index contributed by atoms with van der Waals surface area (Å²) in [6, 6.07) is 5.30. The van der Waals surface area contributed by atoms with E-state index in [9.17, 15) is 9.59 Å². The van der Waals surface area contributed by atoms with E-state index in [1.165, 1.54) is 10.7 Å². The van der Waals surface area contributed by atoms with E-state index in [0.29, 0.717) is 18.8 Å². The van der Waals surface area contributed by atoms with Gasteiger partial charge in [-0.25, -0.2) is 4.68 Å². The predicted molar refractivity (Wildman–Crippen MR) is 72.8 cm³/mol. The third kappa shape index (κ3) is 3.05. The highest BCUT2D eigenvalue weighted by Crippen LogP contribution is 2.28. The van der Waals surface area contributed by atoms with Gasteiger partial charge in [0.25, 0.3) is 5.56 Å². The summed E-state index contributed by atoms with van der Waals surface area (Å²) in [7, 11) is 0. The van der Waals surface area contributed by atoms with Crippen LogP contribution in [0.1, 0.15) is 25.5 Å². The summed E-state index contributed by atoms with van der Waals surface area (Å²) in [6.07, 6.45) is 1.61. The third-order valence-electron chi connectivity index (χ3n) is 3.60. The van der Waals surface area contributed by atoms with Gasteiger partial charge in [0.05, 0.1) is 17.2 Å². The quantitative estimate of drug-likeness (QED) is 0.795. The first-order valence-corrected chi connectivity index (χ1v) is 6.67. The Morgan fingerprint density at radius 2 is 2.30 bits per heavy atom. The zero-order valence-corrected chi connectivity index (χ0v) is 11.8. The van der Waals surface area contributed by atoms with Crippen LogP contribution in [0.4, 0.5) is 0 Å². The van der Waals surface area contributed by atoms with Gasteiger partial charge in [-0.05, 0) is 32.8 Å². The topological polar surface area (TPSA) is 79.0 Å². The summed E-state index contributed by atoms with van der Waals surface area (Å²) in [4.78, 5) is 25.6. The molecule has 1 aromatic rings. The highest BCUT2D eigenvalue weighted by molar-refractivity contribution is 5.76. The Balaban J connectivity index is 2.11. The highest BCUT2D eigenvalue weighted by atomic mass is 16.2. The molecule has 1 aliphatic heterocycles. The van der Waals surface area contributed by atoms with E-state index in [4.69, 9.17) is 5.26 Å². The summed E-state index contributed by atoms with van der Waals surface area (Å²) in [5.74, 6) is -0.161. The Kier molecular flexibility index (Phi) is 3.89. The van der Waals surface area contributed by atoms with E-state index in [-0.39, 0.29) is 18.0 Å². The number of nitrogens with zero attached hydrogens (tertiary/aromatic N) is 4. The minimum Gasteiger partial charge on any atom is -0.339 e. The highest BCUT2D eigenvalue weighted by Gasteiger charge is 2.33. The molecule has 1 fully saturated rings. The van der Waals surface area contributed by atoms with E-state index < -0.39 is 5.41 Å². The van der Waals surface area contributed by atoms with Gasteiger partial charge in [0.15, 0.2) is 0 Å². The van der Waals surface area contributed by atoms with Gasteiger partial charge in [0, 0.05) is 19.2 Å². The lowest BCUT2D eigenvalue weighted by Gasteiger charge is -2.35. The van der Waals surface area contributed by atoms with Crippen molar-refractivity contribution in [3.63, 3.8) is 0 Å². The molecule has 1 aliphatic rings. The Morgan fingerprint density at radius 1 is 1.55 bits per heavy atom. The van der Waals surface area contributed by atoms with Crippen molar-refractivity contribution in [2.24, 2.45) is 5.41 Å². The fourth-order valence-corrected chi connectivity index (χ4v) is 2.44. The minimum absolute atomic E-state index is 0.0674. The summed E-state index contributed by atoms with van der Waals surface area (Å²) >= 11 is 0. The van der Waals surface area contributed by atoms with E-state index in [1.54, 1.807) is 17.9 Å². The minimum atomic E-state index is -0.487. The molecule has 20 heavy (non-hydrogen) atoms. The van der Waals surface area contributed by atoms with Crippen LogP contribution in [0.2, 0.25) is 0 Å². The molecule has 0 aliphatic carbocycles. The molecule has 1 unspecified atom stereocenters. The first-order chi connectivity index (χ1) is 9.43. The van der Waals surface area contributed by atoms with Crippen molar-refractivity contribution < 1.29 is 4.79 Å². The van der Waals surface area contributed by atoms with Gasteiger partial charge in [0.2, 0.25) is 5.91 Å². The number of carbonyl (C=O) groups is 1. The standard InChI is InChI=1S/C14H18N4O2/c1-11-4-5-12(19)18(16-11)8-13(20)17-7-3-6-14(2,9-15)10-17/h4-5H,3,6-8,10H2,1-2H3. The van der Waals surface area contributed by atoms with Gasteiger partial charge < -0.3 is 4.90 Å². The molecular formula is C14H18N4O2. The number of aromatic nitrogens is 2. The SMILES string of the molecule is Cc1ccc(=O)n(CC(=O)N2CCCC(C)(C#N)C2)n1. The number of carbonyl (C=O) groups excluding carboxylic acids is 1. The van der Waals surface area contributed by atoms with Gasteiger partial charge in [-0.15, -0.1) is 0 Å². The summed E-state index contributed by atoms with van der Waals surface area (Å²) < 4.78 is 1.18. The van der Waals surface area contributed by atoms with Crippen molar-refractivity contribution in [2.45, 2.75) is 33.2 Å². The first-order valence-electron chi connectivity index (χ1n) is 6.67. The van der Waals surface area contributed by atoms with Gasteiger partial charge in [0.1, 0.15) is 6.54 Å². The monoisotopic (exact) mass is 274 g/mol. The molecule has 2 heterocycles. The van der Waals surface area contributed by atoms with Crippen molar-refractivity contribution in [1.29, 1.82) is 5.26 Å². The Hall–Kier alpha value is -2.16. The van der Waals surface area contributed by atoms with Crippen molar-refractivity contribution in [1.82, 2.24) is 14.7 Å². The Morgan fingerprint density at radius 3 is 3.00 bits per heavy atom. The lowest BCUT2D eigenvalue weighted by molar-refractivity contribution is -0.134. The molecule has 0 radical (unpaired) electrons. The molecule has 0 aromatic carbocycles. The number of piperidine rings is 1. The van der Waals surface area contributed by atoms with Gasteiger partial charge >= 0.3 is 0 Å². The molecule has 6 heteroatoms. The average molecular weight is 274 g/mol. The second-order valence-electron chi connectivity index (χ2n) is 5.56. The maximum atomic E-state index is 12.3. The molecule has 1 atom stereocenters. The normalized spacial score (nSPS) is 22.4. The van der Waals surface area contributed by atoms with Crippen LogP contribution in [0.25, 0.3) is 0 Å². The molecule has 1 aromatic heterocycles. The molecule has 0 N–H and O–H groups in total. The lowest BCUT2D eigenvalue weighted by Crippen LogP contribution is -2.46. The molecule has 1 amide bonds. The molecule has 2 rings (SSSR count). The number of amides is 1. The van der Waals surface area contributed by atoms with E-state index in [0.717, 1.165) is 12.8 Å².